The topological polar surface area (TPSA) is 122 Å². The fourth-order valence-corrected chi connectivity index (χ4v) is 2.93. The number of hydrogen-bond acceptors (Lipinski definition) is 9. The van der Waals surface area contributed by atoms with Crippen molar-refractivity contribution in [1.29, 1.82) is 0 Å². The lowest BCUT2D eigenvalue weighted by Crippen LogP contribution is -2.37. The van der Waals surface area contributed by atoms with Crippen molar-refractivity contribution in [1.82, 2.24) is 0 Å². The number of hydrogen-bond donors (Lipinski definition) is 1. The van der Waals surface area contributed by atoms with E-state index in [9.17, 15) is 14.4 Å². The standard InChI is InChI=1S/C15H21NO7S/c1-9-12(23-14(18)21-9)7-20-15(19)24-8-11(16)13(17)22-10-5-3-2-4-6-10/h10-11H,2-8,16H2,1H3/t11-/m0/s1. The summed E-state index contributed by atoms with van der Waals surface area (Å²) in [7, 11) is 0. The lowest BCUT2D eigenvalue weighted by atomic mass is 9.98. The molecule has 1 atom stereocenters. The van der Waals surface area contributed by atoms with Gasteiger partial charge in [-0.25, -0.2) is 9.59 Å². The molecule has 0 saturated heterocycles. The average molecular weight is 359 g/mol. The van der Waals surface area contributed by atoms with Crippen molar-refractivity contribution < 1.29 is 27.9 Å². The van der Waals surface area contributed by atoms with Crippen LogP contribution in [-0.4, -0.2) is 29.2 Å². The fraction of sp³-hybridized carbons (Fsp3) is 0.667. The van der Waals surface area contributed by atoms with Gasteiger partial charge >= 0.3 is 17.1 Å². The molecule has 0 aromatic carbocycles. The van der Waals surface area contributed by atoms with E-state index in [0.717, 1.165) is 43.9 Å². The zero-order valence-corrected chi connectivity index (χ0v) is 14.3. The SMILES string of the molecule is Cc1oc(=O)oc1COC(=O)SC[C@H](N)C(=O)OC1CCCCC1. The van der Waals surface area contributed by atoms with Crippen LogP contribution in [0.1, 0.15) is 43.6 Å². The molecule has 8 nitrogen and oxygen atoms in total. The quantitative estimate of drug-likeness (QED) is 0.761. The first-order chi connectivity index (χ1) is 11.5. The highest BCUT2D eigenvalue weighted by atomic mass is 32.2. The van der Waals surface area contributed by atoms with Crippen molar-refractivity contribution >= 4 is 23.0 Å². The van der Waals surface area contributed by atoms with Gasteiger partial charge in [0.15, 0.2) is 18.1 Å². The molecular weight excluding hydrogens is 338 g/mol. The van der Waals surface area contributed by atoms with Crippen LogP contribution < -0.4 is 11.6 Å². The third-order valence-electron chi connectivity index (χ3n) is 3.68. The van der Waals surface area contributed by atoms with Gasteiger partial charge in [0, 0.05) is 5.75 Å². The molecule has 1 heterocycles. The van der Waals surface area contributed by atoms with Crippen molar-refractivity contribution in [3.8, 4) is 0 Å². The minimum absolute atomic E-state index is 0.0543. The van der Waals surface area contributed by atoms with Crippen LogP contribution in [0.3, 0.4) is 0 Å². The normalized spacial score (nSPS) is 16.6. The van der Waals surface area contributed by atoms with Crippen LogP contribution in [0.25, 0.3) is 0 Å². The van der Waals surface area contributed by atoms with E-state index in [4.69, 9.17) is 19.6 Å². The Balaban J connectivity index is 1.67. The predicted molar refractivity (Wildman–Crippen MR) is 85.6 cm³/mol. The number of thioether (sulfide) groups is 1. The summed E-state index contributed by atoms with van der Waals surface area (Å²) in [5.74, 6) is -0.892. The predicted octanol–water partition coefficient (Wildman–Crippen LogP) is 2.11. The Hall–Kier alpha value is -1.74. The number of nitrogens with two attached hydrogens (primary N) is 1. The van der Waals surface area contributed by atoms with Crippen molar-refractivity contribution in [3.05, 3.63) is 22.1 Å². The van der Waals surface area contributed by atoms with E-state index < -0.39 is 23.1 Å². The summed E-state index contributed by atoms with van der Waals surface area (Å²) in [5, 5.41) is -0.626. The number of aryl methyl sites for hydroxylation is 1. The van der Waals surface area contributed by atoms with Crippen LogP contribution in [0, 0.1) is 6.92 Å². The summed E-state index contributed by atoms with van der Waals surface area (Å²) >= 11 is 0.769. The van der Waals surface area contributed by atoms with Gasteiger partial charge in [-0.2, -0.15) is 0 Å². The van der Waals surface area contributed by atoms with Gasteiger partial charge in [0.1, 0.15) is 12.1 Å². The summed E-state index contributed by atoms with van der Waals surface area (Å²) in [6, 6.07) is -0.891. The molecule has 9 heteroatoms. The second-order valence-corrected chi connectivity index (χ2v) is 6.54. The Morgan fingerprint density at radius 2 is 2.00 bits per heavy atom. The molecule has 134 valence electrons. The van der Waals surface area contributed by atoms with Crippen LogP contribution in [0.15, 0.2) is 13.6 Å². The van der Waals surface area contributed by atoms with Gasteiger partial charge in [-0.15, -0.1) is 0 Å². The Morgan fingerprint density at radius 3 is 2.62 bits per heavy atom. The maximum atomic E-state index is 11.9. The molecule has 2 N–H and O–H groups in total. The number of esters is 1. The van der Waals surface area contributed by atoms with Crippen molar-refractivity contribution in [2.45, 2.75) is 57.8 Å². The zero-order valence-electron chi connectivity index (χ0n) is 13.4. The molecule has 1 aromatic heterocycles. The maximum absolute atomic E-state index is 11.9. The average Bonchev–Trinajstić information content (AvgIpc) is 2.89. The van der Waals surface area contributed by atoms with Crippen LogP contribution >= 0.6 is 11.8 Å². The number of rotatable bonds is 6. The Morgan fingerprint density at radius 1 is 1.29 bits per heavy atom. The number of carbonyl (C=O) groups excluding carboxylic acids is 2. The van der Waals surface area contributed by atoms with Gasteiger partial charge in [0.2, 0.25) is 0 Å². The zero-order chi connectivity index (χ0) is 17.5. The van der Waals surface area contributed by atoms with Crippen molar-refractivity contribution in [2.75, 3.05) is 5.75 Å². The van der Waals surface area contributed by atoms with Gasteiger partial charge in [-0.1, -0.05) is 6.42 Å². The third-order valence-corrected chi connectivity index (χ3v) is 4.55. The summed E-state index contributed by atoms with van der Waals surface area (Å²) in [6.07, 6.45) is 4.93. The van der Waals surface area contributed by atoms with Crippen LogP contribution in [-0.2, 0) is 20.9 Å². The van der Waals surface area contributed by atoms with Gasteiger partial charge in [-0.3, -0.25) is 4.79 Å². The van der Waals surface area contributed by atoms with E-state index >= 15 is 0 Å². The second kappa shape index (κ2) is 8.93. The monoisotopic (exact) mass is 359 g/mol. The molecule has 0 radical (unpaired) electrons. The maximum Gasteiger partial charge on any atom is 0.519 e. The van der Waals surface area contributed by atoms with E-state index in [0.29, 0.717) is 0 Å². The molecule has 0 spiro atoms. The third kappa shape index (κ3) is 5.72. The van der Waals surface area contributed by atoms with Crippen LogP contribution in [0.5, 0.6) is 0 Å². The smallest absolute Gasteiger partial charge is 0.461 e. The molecule has 1 aliphatic rings. The lowest BCUT2D eigenvalue weighted by molar-refractivity contribution is -0.151. The summed E-state index contributed by atoms with van der Waals surface area (Å²) < 4.78 is 19.6. The first-order valence-corrected chi connectivity index (χ1v) is 8.79. The van der Waals surface area contributed by atoms with E-state index in [-0.39, 0.29) is 30.0 Å². The fourth-order valence-electron chi connectivity index (χ4n) is 2.33. The second-order valence-electron chi connectivity index (χ2n) is 5.59. The Bertz CT molecular complexity index is 618. The van der Waals surface area contributed by atoms with E-state index in [2.05, 4.69) is 4.42 Å². The molecule has 1 aromatic rings. The molecule has 1 aliphatic carbocycles. The highest BCUT2D eigenvalue weighted by Gasteiger charge is 2.23. The molecule has 0 unspecified atom stereocenters. The molecule has 24 heavy (non-hydrogen) atoms. The summed E-state index contributed by atoms with van der Waals surface area (Å²) in [5.41, 5.74) is 5.74. The van der Waals surface area contributed by atoms with Gasteiger partial charge in [-0.05, 0) is 44.4 Å². The Kier molecular flexibility index (Phi) is 6.92. The van der Waals surface area contributed by atoms with Crippen molar-refractivity contribution in [3.63, 3.8) is 0 Å². The highest BCUT2D eigenvalue weighted by molar-refractivity contribution is 8.13. The van der Waals surface area contributed by atoms with E-state index in [1.54, 1.807) is 0 Å². The first kappa shape index (κ1) is 18.6. The summed E-state index contributed by atoms with van der Waals surface area (Å²) in [6.45, 7) is 1.31. The highest BCUT2D eigenvalue weighted by Crippen LogP contribution is 2.21. The van der Waals surface area contributed by atoms with Gasteiger partial charge < -0.3 is 24.0 Å². The Labute approximate surface area is 143 Å². The minimum Gasteiger partial charge on any atom is -0.461 e. The molecule has 0 aliphatic heterocycles. The molecule has 0 amide bonds. The molecular formula is C15H21NO7S. The summed E-state index contributed by atoms with van der Waals surface area (Å²) in [4.78, 5) is 34.4. The largest absolute Gasteiger partial charge is 0.519 e. The number of carbonyl (C=O) groups is 2. The van der Waals surface area contributed by atoms with E-state index in [1.165, 1.54) is 6.92 Å². The van der Waals surface area contributed by atoms with Gasteiger partial charge in [0.05, 0.1) is 0 Å². The van der Waals surface area contributed by atoms with Crippen LogP contribution in [0.4, 0.5) is 4.79 Å². The lowest BCUT2D eigenvalue weighted by Gasteiger charge is -2.23. The molecule has 0 bridgehead atoms. The van der Waals surface area contributed by atoms with Gasteiger partial charge in [0.25, 0.3) is 0 Å². The van der Waals surface area contributed by atoms with Crippen LogP contribution in [0.2, 0.25) is 0 Å². The molecule has 1 saturated carbocycles. The van der Waals surface area contributed by atoms with Crippen molar-refractivity contribution in [2.24, 2.45) is 5.73 Å². The molecule has 2 rings (SSSR count). The van der Waals surface area contributed by atoms with E-state index in [1.807, 2.05) is 0 Å². The molecule has 1 fully saturated rings. The minimum atomic E-state index is -0.891. The first-order valence-electron chi connectivity index (χ1n) is 7.80. The number of ether oxygens (including phenoxy) is 2.